The third-order valence-electron chi connectivity index (χ3n) is 7.83. The molecule has 2 aromatic carbocycles. The van der Waals surface area contributed by atoms with Crippen LogP contribution in [0.25, 0.3) is 22.4 Å². The lowest BCUT2D eigenvalue weighted by molar-refractivity contribution is -0.127. The number of carbonyl (C=O) groups excluding carboxylic acids is 1. The minimum absolute atomic E-state index is 0.134. The molecule has 6 heteroatoms. The molecule has 2 aliphatic carbocycles. The van der Waals surface area contributed by atoms with E-state index >= 15 is 0 Å². The first-order valence-corrected chi connectivity index (χ1v) is 13.2. The van der Waals surface area contributed by atoms with Crippen LogP contribution in [0.2, 0.25) is 0 Å². The average Bonchev–Trinajstić information content (AvgIpc) is 3.28. The van der Waals surface area contributed by atoms with Crippen LogP contribution in [0.3, 0.4) is 0 Å². The van der Waals surface area contributed by atoms with Crippen molar-refractivity contribution in [3.05, 3.63) is 42.5 Å². The smallest absolute Gasteiger partial charge is 0.243 e. The van der Waals surface area contributed by atoms with Crippen molar-refractivity contribution >= 4 is 16.9 Å². The van der Waals surface area contributed by atoms with Crippen LogP contribution < -0.4 is 14.8 Å². The topological polar surface area (TPSA) is 65.4 Å². The van der Waals surface area contributed by atoms with Gasteiger partial charge in [0.2, 0.25) is 5.91 Å². The van der Waals surface area contributed by atoms with Gasteiger partial charge in [0.05, 0.1) is 30.8 Å². The zero-order valence-electron chi connectivity index (χ0n) is 21.0. The monoisotopic (exact) mass is 475 g/mol. The van der Waals surface area contributed by atoms with E-state index in [0.29, 0.717) is 11.5 Å². The molecular formula is C29H37N3O3. The lowest BCUT2D eigenvalue weighted by Crippen LogP contribution is -2.43. The zero-order chi connectivity index (χ0) is 24.2. The molecule has 6 nitrogen and oxygen atoms in total. The number of para-hydroxylation sites is 3. The molecule has 0 bridgehead atoms. The zero-order valence-corrected chi connectivity index (χ0v) is 21.0. The van der Waals surface area contributed by atoms with Crippen molar-refractivity contribution < 1.29 is 14.3 Å². The van der Waals surface area contributed by atoms with Crippen molar-refractivity contribution in [1.29, 1.82) is 0 Å². The van der Waals surface area contributed by atoms with Gasteiger partial charge in [-0.15, -0.1) is 0 Å². The number of carbonyl (C=O) groups is 1. The van der Waals surface area contributed by atoms with Crippen LogP contribution in [0.15, 0.2) is 42.5 Å². The second-order valence-electron chi connectivity index (χ2n) is 10.0. The lowest BCUT2D eigenvalue weighted by Gasteiger charge is -2.34. The number of methoxy groups -OCH3 is 2. The number of hydrogen-bond acceptors (Lipinski definition) is 4. The first-order chi connectivity index (χ1) is 17.2. The fourth-order valence-electron chi connectivity index (χ4n) is 6.10. The molecule has 0 saturated heterocycles. The summed E-state index contributed by atoms with van der Waals surface area (Å²) in [5, 5.41) is 3.46. The summed E-state index contributed by atoms with van der Waals surface area (Å²) in [5.41, 5.74) is 2.72. The standard InChI is InChI=1S/C29H37N3O3/c1-34-25-19-11-16-22(27(25)35-2)28-31-23-17-9-10-18-24(23)32(28)26(20-12-5-3-6-13-20)29(33)30-21-14-7-4-8-15-21/h9-11,16-21,26H,3-8,12-15H2,1-2H3,(H,30,33)/t26-/m0/s1. The maximum absolute atomic E-state index is 14.1. The Hall–Kier alpha value is -3.02. The molecule has 5 rings (SSSR count). The van der Waals surface area contributed by atoms with Gasteiger partial charge in [-0.25, -0.2) is 4.98 Å². The Morgan fingerprint density at radius 2 is 1.63 bits per heavy atom. The summed E-state index contributed by atoms with van der Waals surface area (Å²) in [6.45, 7) is 0. The predicted octanol–water partition coefficient (Wildman–Crippen LogP) is 6.29. The summed E-state index contributed by atoms with van der Waals surface area (Å²) in [6, 6.07) is 14.0. The van der Waals surface area contributed by atoms with Crippen molar-refractivity contribution in [3.8, 4) is 22.9 Å². The normalized spacial score (nSPS) is 18.3. The van der Waals surface area contributed by atoms with Crippen molar-refractivity contribution in [2.45, 2.75) is 76.3 Å². The first kappa shape index (κ1) is 23.7. The van der Waals surface area contributed by atoms with E-state index in [0.717, 1.165) is 48.1 Å². The van der Waals surface area contributed by atoms with Gasteiger partial charge in [0, 0.05) is 6.04 Å². The molecule has 0 spiro atoms. The SMILES string of the molecule is COc1cccc(-c2nc3ccccc3n2[C@H](C(=O)NC2CCCCC2)C2CCCCC2)c1OC. The molecule has 2 aliphatic rings. The minimum Gasteiger partial charge on any atom is -0.493 e. The summed E-state index contributed by atoms with van der Waals surface area (Å²) in [5.74, 6) is 2.47. The molecule has 1 heterocycles. The molecule has 3 aromatic rings. The van der Waals surface area contributed by atoms with E-state index in [9.17, 15) is 4.79 Å². The number of fused-ring (bicyclic) bond motifs is 1. The Balaban J connectivity index is 1.66. The van der Waals surface area contributed by atoms with Crippen LogP contribution in [-0.2, 0) is 4.79 Å². The highest BCUT2D eigenvalue weighted by molar-refractivity contribution is 5.88. The molecule has 1 aromatic heterocycles. The Labute approximate surface area is 208 Å². The molecule has 0 unspecified atom stereocenters. The molecular weight excluding hydrogens is 438 g/mol. The van der Waals surface area contributed by atoms with Crippen LogP contribution in [-0.4, -0.2) is 35.7 Å². The van der Waals surface area contributed by atoms with Gasteiger partial charge >= 0.3 is 0 Å². The summed E-state index contributed by atoms with van der Waals surface area (Å²) in [6.07, 6.45) is 11.5. The van der Waals surface area contributed by atoms with Gasteiger partial charge in [-0.1, -0.05) is 56.7 Å². The van der Waals surface area contributed by atoms with Gasteiger partial charge in [-0.05, 0) is 55.9 Å². The number of aromatic nitrogens is 2. The highest BCUT2D eigenvalue weighted by Gasteiger charge is 2.36. The summed E-state index contributed by atoms with van der Waals surface area (Å²) < 4.78 is 13.6. The highest BCUT2D eigenvalue weighted by Crippen LogP contribution is 2.43. The van der Waals surface area contributed by atoms with Crippen LogP contribution in [0.5, 0.6) is 11.5 Å². The first-order valence-electron chi connectivity index (χ1n) is 13.2. The van der Waals surface area contributed by atoms with Crippen molar-refractivity contribution in [3.63, 3.8) is 0 Å². The molecule has 2 saturated carbocycles. The van der Waals surface area contributed by atoms with Gasteiger partial charge in [0.1, 0.15) is 11.9 Å². The molecule has 35 heavy (non-hydrogen) atoms. The molecule has 1 amide bonds. The number of ether oxygens (including phenoxy) is 2. The third-order valence-corrected chi connectivity index (χ3v) is 7.83. The average molecular weight is 476 g/mol. The fraction of sp³-hybridized carbons (Fsp3) is 0.517. The maximum atomic E-state index is 14.1. The largest absolute Gasteiger partial charge is 0.493 e. The number of rotatable bonds is 7. The van der Waals surface area contributed by atoms with Gasteiger partial charge in [0.25, 0.3) is 0 Å². The number of benzene rings is 2. The van der Waals surface area contributed by atoms with E-state index < -0.39 is 0 Å². The Morgan fingerprint density at radius 3 is 2.34 bits per heavy atom. The Morgan fingerprint density at radius 1 is 0.914 bits per heavy atom. The Kier molecular flexibility index (Phi) is 7.26. The summed E-state index contributed by atoms with van der Waals surface area (Å²) >= 11 is 0. The number of nitrogens with one attached hydrogen (secondary N) is 1. The maximum Gasteiger partial charge on any atom is 0.243 e. The molecule has 0 radical (unpaired) electrons. The van der Waals surface area contributed by atoms with Crippen molar-refractivity contribution in [2.75, 3.05) is 14.2 Å². The molecule has 186 valence electrons. The van der Waals surface area contributed by atoms with Gasteiger partial charge in [-0.3, -0.25) is 4.79 Å². The van der Waals surface area contributed by atoms with E-state index in [1.165, 1.54) is 38.5 Å². The molecule has 1 N–H and O–H groups in total. The minimum atomic E-state index is -0.310. The van der Waals surface area contributed by atoms with E-state index in [2.05, 4.69) is 16.0 Å². The van der Waals surface area contributed by atoms with Crippen molar-refractivity contribution in [1.82, 2.24) is 14.9 Å². The predicted molar refractivity (Wildman–Crippen MR) is 139 cm³/mol. The van der Waals surface area contributed by atoms with Crippen molar-refractivity contribution in [2.24, 2.45) is 5.92 Å². The summed E-state index contributed by atoms with van der Waals surface area (Å²) in [4.78, 5) is 19.2. The van der Waals surface area contributed by atoms with E-state index in [-0.39, 0.29) is 23.9 Å². The van der Waals surface area contributed by atoms with E-state index in [1.807, 2.05) is 36.4 Å². The molecule has 1 atom stereocenters. The second-order valence-corrected chi connectivity index (χ2v) is 10.0. The van der Waals surface area contributed by atoms with E-state index in [1.54, 1.807) is 14.2 Å². The van der Waals surface area contributed by atoms with Gasteiger partial charge < -0.3 is 19.4 Å². The van der Waals surface area contributed by atoms with Crippen LogP contribution in [0.4, 0.5) is 0 Å². The van der Waals surface area contributed by atoms with Crippen LogP contribution in [0.1, 0.15) is 70.3 Å². The van der Waals surface area contributed by atoms with Crippen LogP contribution >= 0.6 is 0 Å². The number of hydrogen-bond donors (Lipinski definition) is 1. The third kappa shape index (κ3) is 4.75. The highest BCUT2D eigenvalue weighted by atomic mass is 16.5. The summed E-state index contributed by atoms with van der Waals surface area (Å²) in [7, 11) is 3.30. The van der Waals surface area contributed by atoms with Crippen LogP contribution in [0, 0.1) is 5.92 Å². The lowest BCUT2D eigenvalue weighted by atomic mass is 9.82. The van der Waals surface area contributed by atoms with Gasteiger partial charge in [-0.2, -0.15) is 0 Å². The molecule has 2 fully saturated rings. The number of amides is 1. The fourth-order valence-corrected chi connectivity index (χ4v) is 6.10. The Bertz CT molecular complexity index is 1160. The molecule has 0 aliphatic heterocycles. The quantitative estimate of drug-likeness (QED) is 0.436. The van der Waals surface area contributed by atoms with E-state index in [4.69, 9.17) is 14.5 Å². The van der Waals surface area contributed by atoms with Gasteiger partial charge in [0.15, 0.2) is 11.5 Å². The second kappa shape index (κ2) is 10.7. The number of nitrogens with zero attached hydrogens (tertiary/aromatic N) is 2. The number of imidazole rings is 1.